The first kappa shape index (κ1) is 13.3. The highest BCUT2D eigenvalue weighted by Crippen LogP contribution is 2.23. The summed E-state index contributed by atoms with van der Waals surface area (Å²) in [7, 11) is 0. The van der Waals surface area contributed by atoms with E-state index in [-0.39, 0.29) is 18.1 Å². The maximum Gasteiger partial charge on any atom is 0.228 e. The van der Waals surface area contributed by atoms with Gasteiger partial charge in [-0.05, 0) is 42.8 Å². The van der Waals surface area contributed by atoms with E-state index < -0.39 is 0 Å². The molecule has 0 spiro atoms. The lowest BCUT2D eigenvalue weighted by Gasteiger charge is -2.05. The van der Waals surface area contributed by atoms with Crippen LogP contribution in [0.4, 0.5) is 10.1 Å². The van der Waals surface area contributed by atoms with E-state index in [0.717, 1.165) is 22.2 Å². The molecule has 2 heterocycles. The summed E-state index contributed by atoms with van der Waals surface area (Å²) in [5.74, 6) is -0.466. The van der Waals surface area contributed by atoms with Gasteiger partial charge in [-0.1, -0.05) is 0 Å². The molecule has 4 nitrogen and oxygen atoms in total. The van der Waals surface area contributed by atoms with Crippen LogP contribution in [0.15, 0.2) is 42.7 Å². The SMILES string of the molecule is Cc1[nH]c2ccc(F)cc2c1CC(=O)Nc1cccnc1. The quantitative estimate of drug-likeness (QED) is 0.775. The molecule has 2 N–H and O–H groups in total. The molecular formula is C16H14FN3O. The zero-order chi connectivity index (χ0) is 14.8. The van der Waals surface area contributed by atoms with E-state index in [4.69, 9.17) is 0 Å². The van der Waals surface area contributed by atoms with Gasteiger partial charge >= 0.3 is 0 Å². The number of pyridine rings is 1. The number of fused-ring (bicyclic) bond motifs is 1. The Labute approximate surface area is 121 Å². The van der Waals surface area contributed by atoms with Gasteiger partial charge < -0.3 is 10.3 Å². The van der Waals surface area contributed by atoms with Crippen molar-refractivity contribution in [3.05, 3.63) is 59.8 Å². The third-order valence-electron chi connectivity index (χ3n) is 3.36. The summed E-state index contributed by atoms with van der Waals surface area (Å²) in [6, 6.07) is 8.05. The second-order valence-corrected chi connectivity index (χ2v) is 4.89. The number of hydrogen-bond donors (Lipinski definition) is 2. The normalized spacial score (nSPS) is 10.8. The molecule has 0 atom stereocenters. The minimum absolute atomic E-state index is 0.156. The number of halogens is 1. The summed E-state index contributed by atoms with van der Waals surface area (Å²) in [6.07, 6.45) is 3.41. The number of H-pyrrole nitrogens is 1. The number of amides is 1. The smallest absolute Gasteiger partial charge is 0.228 e. The van der Waals surface area contributed by atoms with Crippen molar-refractivity contribution in [1.82, 2.24) is 9.97 Å². The molecule has 1 aromatic carbocycles. The average Bonchev–Trinajstić information content (AvgIpc) is 2.76. The zero-order valence-electron chi connectivity index (χ0n) is 11.5. The molecule has 0 fully saturated rings. The van der Waals surface area contributed by atoms with Gasteiger partial charge in [0.15, 0.2) is 0 Å². The van der Waals surface area contributed by atoms with Gasteiger partial charge in [0.2, 0.25) is 5.91 Å². The number of hydrogen-bond acceptors (Lipinski definition) is 2. The molecule has 0 saturated heterocycles. The molecule has 3 aromatic rings. The van der Waals surface area contributed by atoms with E-state index in [9.17, 15) is 9.18 Å². The van der Waals surface area contributed by atoms with Gasteiger partial charge in [-0.3, -0.25) is 9.78 Å². The summed E-state index contributed by atoms with van der Waals surface area (Å²) in [6.45, 7) is 1.88. The number of aromatic amines is 1. The molecule has 0 aliphatic carbocycles. The third kappa shape index (κ3) is 2.76. The van der Waals surface area contributed by atoms with E-state index in [1.807, 2.05) is 6.92 Å². The van der Waals surface area contributed by atoms with Gasteiger partial charge in [-0.2, -0.15) is 0 Å². The summed E-state index contributed by atoms with van der Waals surface area (Å²) in [5.41, 5.74) is 3.16. The number of carbonyl (C=O) groups excluding carboxylic acids is 1. The van der Waals surface area contributed by atoms with Gasteiger partial charge in [-0.25, -0.2) is 4.39 Å². The van der Waals surface area contributed by atoms with Crippen LogP contribution < -0.4 is 5.32 Å². The van der Waals surface area contributed by atoms with E-state index >= 15 is 0 Å². The maximum absolute atomic E-state index is 13.4. The Morgan fingerprint density at radius 1 is 1.38 bits per heavy atom. The average molecular weight is 283 g/mol. The standard InChI is InChI=1S/C16H14FN3O/c1-10-13(14-7-11(17)4-5-15(14)19-10)8-16(21)20-12-3-2-6-18-9-12/h2-7,9,19H,8H2,1H3,(H,20,21). The Hall–Kier alpha value is -2.69. The number of carbonyl (C=O) groups is 1. The van der Waals surface area contributed by atoms with Crippen molar-refractivity contribution >= 4 is 22.5 Å². The topological polar surface area (TPSA) is 57.8 Å². The number of anilines is 1. The largest absolute Gasteiger partial charge is 0.358 e. The lowest BCUT2D eigenvalue weighted by atomic mass is 10.1. The summed E-state index contributed by atoms with van der Waals surface area (Å²) >= 11 is 0. The predicted octanol–water partition coefficient (Wildman–Crippen LogP) is 3.19. The molecule has 0 aliphatic rings. The second kappa shape index (κ2) is 5.36. The lowest BCUT2D eigenvalue weighted by Crippen LogP contribution is -2.14. The third-order valence-corrected chi connectivity index (χ3v) is 3.36. The molecule has 1 amide bonds. The summed E-state index contributed by atoms with van der Waals surface area (Å²) in [5, 5.41) is 3.52. The highest BCUT2D eigenvalue weighted by Gasteiger charge is 2.13. The van der Waals surface area contributed by atoms with Crippen molar-refractivity contribution < 1.29 is 9.18 Å². The van der Waals surface area contributed by atoms with Crippen LogP contribution >= 0.6 is 0 Å². The minimum atomic E-state index is -0.310. The fourth-order valence-corrected chi connectivity index (χ4v) is 2.38. The van der Waals surface area contributed by atoms with Crippen LogP contribution in [0.25, 0.3) is 10.9 Å². The van der Waals surface area contributed by atoms with Crippen LogP contribution in [0.3, 0.4) is 0 Å². The molecule has 0 saturated carbocycles. The Morgan fingerprint density at radius 3 is 3.00 bits per heavy atom. The Balaban J connectivity index is 1.86. The summed E-state index contributed by atoms with van der Waals surface area (Å²) in [4.78, 5) is 19.2. The van der Waals surface area contributed by atoms with Crippen LogP contribution in [-0.2, 0) is 11.2 Å². The highest BCUT2D eigenvalue weighted by molar-refractivity contribution is 5.96. The molecule has 5 heteroatoms. The molecule has 106 valence electrons. The van der Waals surface area contributed by atoms with Crippen molar-refractivity contribution in [2.75, 3.05) is 5.32 Å². The first-order valence-electron chi connectivity index (χ1n) is 6.60. The second-order valence-electron chi connectivity index (χ2n) is 4.89. The van der Waals surface area contributed by atoms with Crippen molar-refractivity contribution in [3.8, 4) is 0 Å². The maximum atomic E-state index is 13.4. The van der Waals surface area contributed by atoms with Crippen LogP contribution in [0.1, 0.15) is 11.3 Å². The van der Waals surface area contributed by atoms with E-state index in [1.54, 1.807) is 30.6 Å². The van der Waals surface area contributed by atoms with Crippen molar-refractivity contribution in [1.29, 1.82) is 0 Å². The van der Waals surface area contributed by atoms with Crippen molar-refractivity contribution in [2.24, 2.45) is 0 Å². The fourth-order valence-electron chi connectivity index (χ4n) is 2.38. The number of rotatable bonds is 3. The first-order chi connectivity index (χ1) is 10.1. The van der Waals surface area contributed by atoms with Gasteiger partial charge in [0.25, 0.3) is 0 Å². The number of aromatic nitrogens is 2. The van der Waals surface area contributed by atoms with Gasteiger partial charge in [0.1, 0.15) is 5.82 Å². The molecule has 0 aliphatic heterocycles. The van der Waals surface area contributed by atoms with Gasteiger partial charge in [0.05, 0.1) is 18.3 Å². The molecule has 0 radical (unpaired) electrons. The van der Waals surface area contributed by atoms with E-state index in [2.05, 4.69) is 15.3 Å². The van der Waals surface area contributed by atoms with Gasteiger partial charge in [-0.15, -0.1) is 0 Å². The number of nitrogens with zero attached hydrogens (tertiary/aromatic N) is 1. The summed E-state index contributed by atoms with van der Waals surface area (Å²) < 4.78 is 13.4. The zero-order valence-corrected chi connectivity index (χ0v) is 11.5. The van der Waals surface area contributed by atoms with Crippen LogP contribution in [0.2, 0.25) is 0 Å². The molecular weight excluding hydrogens is 269 g/mol. The van der Waals surface area contributed by atoms with Crippen LogP contribution in [0.5, 0.6) is 0 Å². The predicted molar refractivity (Wildman–Crippen MR) is 79.6 cm³/mol. The highest BCUT2D eigenvalue weighted by atomic mass is 19.1. The van der Waals surface area contributed by atoms with Crippen molar-refractivity contribution in [3.63, 3.8) is 0 Å². The molecule has 0 unspecified atom stereocenters. The van der Waals surface area contributed by atoms with E-state index in [0.29, 0.717) is 5.69 Å². The monoisotopic (exact) mass is 283 g/mol. The minimum Gasteiger partial charge on any atom is -0.358 e. The fraction of sp³-hybridized carbons (Fsp3) is 0.125. The molecule has 2 aromatic heterocycles. The number of benzene rings is 1. The van der Waals surface area contributed by atoms with E-state index in [1.165, 1.54) is 12.1 Å². The van der Waals surface area contributed by atoms with Crippen molar-refractivity contribution in [2.45, 2.75) is 13.3 Å². The lowest BCUT2D eigenvalue weighted by molar-refractivity contribution is -0.115. The van der Waals surface area contributed by atoms with Crippen LogP contribution in [-0.4, -0.2) is 15.9 Å². The Bertz CT molecular complexity index is 796. The molecule has 0 bridgehead atoms. The van der Waals surface area contributed by atoms with Crippen LogP contribution in [0, 0.1) is 12.7 Å². The molecule has 21 heavy (non-hydrogen) atoms. The first-order valence-corrected chi connectivity index (χ1v) is 6.60. The number of nitrogens with one attached hydrogen (secondary N) is 2. The Kier molecular flexibility index (Phi) is 3.39. The molecule has 3 rings (SSSR count). The Morgan fingerprint density at radius 2 is 2.24 bits per heavy atom. The van der Waals surface area contributed by atoms with Gasteiger partial charge in [0, 0.05) is 22.8 Å². The number of aryl methyl sites for hydroxylation is 1.